The monoisotopic (exact) mass is 223 g/mol. The van der Waals surface area contributed by atoms with Gasteiger partial charge in [-0.2, -0.15) is 0 Å². The second-order valence-corrected chi connectivity index (χ2v) is 3.93. The predicted molar refractivity (Wildman–Crippen MR) is 59.2 cm³/mol. The first kappa shape index (κ1) is 11.4. The fraction of sp³-hybridized carbons (Fsp3) is 0.583. The SMILES string of the molecule is OCc1cccnc1OCC1CCCCO1. The van der Waals surface area contributed by atoms with Crippen molar-refractivity contribution >= 4 is 0 Å². The van der Waals surface area contributed by atoms with Gasteiger partial charge in [-0.3, -0.25) is 0 Å². The zero-order chi connectivity index (χ0) is 11.2. The van der Waals surface area contributed by atoms with Crippen molar-refractivity contribution in [1.82, 2.24) is 4.98 Å². The van der Waals surface area contributed by atoms with Crippen LogP contribution >= 0.6 is 0 Å². The van der Waals surface area contributed by atoms with Crippen LogP contribution in [0, 0.1) is 0 Å². The number of rotatable bonds is 4. The molecule has 1 aliphatic rings. The first-order valence-electron chi connectivity index (χ1n) is 5.69. The van der Waals surface area contributed by atoms with Crippen molar-refractivity contribution in [3.8, 4) is 5.88 Å². The van der Waals surface area contributed by atoms with E-state index in [1.165, 1.54) is 6.42 Å². The van der Waals surface area contributed by atoms with Gasteiger partial charge in [0.15, 0.2) is 0 Å². The number of ether oxygens (including phenoxy) is 2. The molecule has 1 unspecified atom stereocenters. The number of hydrogen-bond acceptors (Lipinski definition) is 4. The van der Waals surface area contributed by atoms with Crippen LogP contribution in [0.2, 0.25) is 0 Å². The number of aliphatic hydroxyl groups excluding tert-OH is 1. The van der Waals surface area contributed by atoms with Gasteiger partial charge >= 0.3 is 0 Å². The number of aliphatic hydroxyl groups is 1. The molecule has 1 fully saturated rings. The normalized spacial score (nSPS) is 20.7. The van der Waals surface area contributed by atoms with E-state index in [1.807, 2.05) is 6.07 Å². The average Bonchev–Trinajstić information content (AvgIpc) is 2.38. The Labute approximate surface area is 95.2 Å². The molecule has 0 bridgehead atoms. The van der Waals surface area contributed by atoms with E-state index in [9.17, 15) is 0 Å². The number of pyridine rings is 1. The molecular formula is C12H17NO3. The average molecular weight is 223 g/mol. The van der Waals surface area contributed by atoms with E-state index in [-0.39, 0.29) is 12.7 Å². The van der Waals surface area contributed by atoms with Crippen LogP contribution in [0.5, 0.6) is 5.88 Å². The van der Waals surface area contributed by atoms with Crippen LogP contribution in [0.15, 0.2) is 18.3 Å². The molecule has 0 aliphatic carbocycles. The van der Waals surface area contributed by atoms with Crippen LogP contribution in [-0.2, 0) is 11.3 Å². The lowest BCUT2D eigenvalue weighted by molar-refractivity contribution is -0.0123. The molecule has 1 saturated heterocycles. The summed E-state index contributed by atoms with van der Waals surface area (Å²) < 4.78 is 11.1. The summed E-state index contributed by atoms with van der Waals surface area (Å²) in [6.45, 7) is 1.29. The van der Waals surface area contributed by atoms with E-state index in [1.54, 1.807) is 12.3 Å². The first-order valence-corrected chi connectivity index (χ1v) is 5.69. The minimum absolute atomic E-state index is 0.0469. The van der Waals surface area contributed by atoms with Gasteiger partial charge in [-0.1, -0.05) is 0 Å². The molecule has 0 saturated carbocycles. The minimum atomic E-state index is -0.0469. The predicted octanol–water partition coefficient (Wildman–Crippen LogP) is 1.52. The number of nitrogens with zero attached hydrogens (tertiary/aromatic N) is 1. The van der Waals surface area contributed by atoms with Gasteiger partial charge in [0.2, 0.25) is 5.88 Å². The third kappa shape index (κ3) is 2.93. The molecule has 4 nitrogen and oxygen atoms in total. The van der Waals surface area contributed by atoms with Crippen molar-refractivity contribution in [2.45, 2.75) is 32.0 Å². The molecule has 1 aliphatic heterocycles. The molecule has 0 aromatic carbocycles. The standard InChI is InChI=1S/C12H17NO3/c14-8-10-4-3-6-13-12(10)16-9-11-5-1-2-7-15-11/h3-4,6,11,14H,1-2,5,7-9H2. The second-order valence-electron chi connectivity index (χ2n) is 3.93. The van der Waals surface area contributed by atoms with E-state index in [0.29, 0.717) is 12.5 Å². The molecule has 16 heavy (non-hydrogen) atoms. The maximum absolute atomic E-state index is 9.10. The lowest BCUT2D eigenvalue weighted by atomic mass is 10.1. The second kappa shape index (κ2) is 5.82. The molecule has 2 heterocycles. The topological polar surface area (TPSA) is 51.6 Å². The fourth-order valence-electron chi connectivity index (χ4n) is 1.79. The smallest absolute Gasteiger partial charge is 0.218 e. The van der Waals surface area contributed by atoms with Crippen LogP contribution < -0.4 is 4.74 Å². The van der Waals surface area contributed by atoms with Gasteiger partial charge in [-0.05, 0) is 31.4 Å². The molecule has 1 aromatic heterocycles. The zero-order valence-corrected chi connectivity index (χ0v) is 9.26. The van der Waals surface area contributed by atoms with E-state index in [2.05, 4.69) is 4.98 Å². The Morgan fingerprint density at radius 1 is 1.50 bits per heavy atom. The Kier molecular flexibility index (Phi) is 4.13. The number of hydrogen-bond donors (Lipinski definition) is 1. The minimum Gasteiger partial charge on any atom is -0.475 e. The highest BCUT2D eigenvalue weighted by atomic mass is 16.5. The van der Waals surface area contributed by atoms with Crippen molar-refractivity contribution < 1.29 is 14.6 Å². The summed E-state index contributed by atoms with van der Waals surface area (Å²) in [6, 6.07) is 3.60. The zero-order valence-electron chi connectivity index (χ0n) is 9.26. The van der Waals surface area contributed by atoms with Crippen LogP contribution in [0.25, 0.3) is 0 Å². The van der Waals surface area contributed by atoms with Gasteiger partial charge in [0.05, 0.1) is 12.7 Å². The Morgan fingerprint density at radius 2 is 2.44 bits per heavy atom. The summed E-state index contributed by atoms with van der Waals surface area (Å²) in [4.78, 5) is 4.10. The molecule has 2 rings (SSSR count). The summed E-state index contributed by atoms with van der Waals surface area (Å²) in [5.41, 5.74) is 0.721. The Hall–Kier alpha value is -1.13. The van der Waals surface area contributed by atoms with Gasteiger partial charge in [0.1, 0.15) is 6.61 Å². The van der Waals surface area contributed by atoms with Crippen molar-refractivity contribution in [1.29, 1.82) is 0 Å². The summed E-state index contributed by atoms with van der Waals surface area (Å²) in [7, 11) is 0. The lowest BCUT2D eigenvalue weighted by Gasteiger charge is -2.22. The van der Waals surface area contributed by atoms with Crippen LogP contribution in [-0.4, -0.2) is 29.4 Å². The summed E-state index contributed by atoms with van der Waals surface area (Å²) in [5.74, 6) is 0.513. The molecule has 0 spiro atoms. The van der Waals surface area contributed by atoms with E-state index < -0.39 is 0 Å². The van der Waals surface area contributed by atoms with E-state index in [0.717, 1.165) is 25.0 Å². The van der Waals surface area contributed by atoms with Gasteiger partial charge in [0.25, 0.3) is 0 Å². The molecule has 0 radical (unpaired) electrons. The molecule has 1 N–H and O–H groups in total. The summed E-state index contributed by atoms with van der Waals surface area (Å²) in [6.07, 6.45) is 5.21. The van der Waals surface area contributed by atoms with E-state index >= 15 is 0 Å². The summed E-state index contributed by atoms with van der Waals surface area (Å²) in [5, 5.41) is 9.10. The number of aromatic nitrogens is 1. The van der Waals surface area contributed by atoms with Gasteiger partial charge in [-0.15, -0.1) is 0 Å². The van der Waals surface area contributed by atoms with Gasteiger partial charge in [0, 0.05) is 18.4 Å². The molecule has 88 valence electrons. The molecule has 0 amide bonds. The van der Waals surface area contributed by atoms with Crippen LogP contribution in [0.3, 0.4) is 0 Å². The highest BCUT2D eigenvalue weighted by Crippen LogP contribution is 2.17. The molecule has 1 aromatic rings. The largest absolute Gasteiger partial charge is 0.475 e. The fourth-order valence-corrected chi connectivity index (χ4v) is 1.79. The Balaban J connectivity index is 1.88. The van der Waals surface area contributed by atoms with Crippen molar-refractivity contribution in [2.24, 2.45) is 0 Å². The lowest BCUT2D eigenvalue weighted by Crippen LogP contribution is -2.26. The Morgan fingerprint density at radius 3 is 3.19 bits per heavy atom. The van der Waals surface area contributed by atoms with Crippen molar-refractivity contribution in [3.63, 3.8) is 0 Å². The van der Waals surface area contributed by atoms with Crippen LogP contribution in [0.4, 0.5) is 0 Å². The molecule has 4 heteroatoms. The maximum atomic E-state index is 9.10. The maximum Gasteiger partial charge on any atom is 0.218 e. The first-order chi connectivity index (χ1) is 7.90. The highest BCUT2D eigenvalue weighted by Gasteiger charge is 2.15. The molecular weight excluding hydrogens is 206 g/mol. The van der Waals surface area contributed by atoms with Crippen molar-refractivity contribution in [2.75, 3.05) is 13.2 Å². The van der Waals surface area contributed by atoms with Crippen LogP contribution in [0.1, 0.15) is 24.8 Å². The quantitative estimate of drug-likeness (QED) is 0.840. The third-order valence-corrected chi connectivity index (χ3v) is 2.70. The molecule has 1 atom stereocenters. The van der Waals surface area contributed by atoms with Crippen molar-refractivity contribution in [3.05, 3.63) is 23.9 Å². The third-order valence-electron chi connectivity index (χ3n) is 2.70. The van der Waals surface area contributed by atoms with E-state index in [4.69, 9.17) is 14.6 Å². The summed E-state index contributed by atoms with van der Waals surface area (Å²) >= 11 is 0. The van der Waals surface area contributed by atoms with Gasteiger partial charge in [-0.25, -0.2) is 4.98 Å². The Bertz CT molecular complexity index is 324. The highest BCUT2D eigenvalue weighted by molar-refractivity contribution is 5.24. The van der Waals surface area contributed by atoms with Gasteiger partial charge < -0.3 is 14.6 Å².